The van der Waals surface area contributed by atoms with Crippen molar-refractivity contribution in [2.24, 2.45) is 47.3 Å². The standard InChI is InChI=1S/C22H28O4.C20H26O4.3C9H10O3.V/c1-4-5-16-6-7-17(13-20(16)23-2)22(24-3)21(25-26-22)18-9-14-8-15(11-18)12-19(21)10-14;1-12-4-17(11-18(5-12)21-2)20(22-3)19(23-24-20)15-7-13-6-14(9-15)10-16(19)8-13;3*1-6-3-7(9(11)12-2)5-8(10)4-6;/h4-7,13-15,18-19H,8-12H2,1-3H3;4-5,11,13-16H,6-10H2,1-3H3;3*3-5,10H,1-2H3;/p-3/b5-4+;;;;;. The number of aryl methyl sites for hydroxylation is 4. The van der Waals surface area contributed by atoms with E-state index in [1.807, 2.05) is 25.1 Å². The van der Waals surface area contributed by atoms with Gasteiger partial charge in [-0.15, -0.1) is 17.2 Å². The van der Waals surface area contributed by atoms with Gasteiger partial charge >= 0.3 is 17.9 Å². The van der Waals surface area contributed by atoms with E-state index in [0.29, 0.717) is 40.4 Å². The first-order valence-corrected chi connectivity index (χ1v) is 29.6. The number of carbonyl (C=O) groups excluding carboxylic acids is 3. The molecule has 2 aliphatic heterocycles. The largest absolute Gasteiger partial charge is 0.872 e. The number of rotatable bonds is 10. The summed E-state index contributed by atoms with van der Waals surface area (Å²) in [5.74, 6) is 3.73. The SMILES string of the molecule is C/C=C/c1ccc(C2(OC)OOC23C2CC4CC(C2)CC3C4)cc1OC.COC(=O)c1cc(C)cc([O-])c1.COC(=O)c1cc(C)cc([O-])c1.COC(=O)c1cc(C)cc([O-])c1.COc1cc(C)cc(C2(OC)OOC23C2CC4CC(C2)CC3C4)c1.[V]. The Morgan fingerprint density at radius 2 is 0.816 bits per heavy atom. The molecule has 17 nitrogen and oxygen atoms in total. The maximum atomic E-state index is 11.0. The molecule has 87 heavy (non-hydrogen) atoms. The second-order valence-corrected chi connectivity index (χ2v) is 24.4. The van der Waals surface area contributed by atoms with Gasteiger partial charge in [0.05, 0.1) is 52.2 Å². The Morgan fingerprint density at radius 1 is 0.448 bits per heavy atom. The maximum absolute atomic E-state index is 11.0. The van der Waals surface area contributed by atoms with Crippen LogP contribution in [0.2, 0.25) is 0 Å². The molecule has 0 N–H and O–H groups in total. The molecule has 0 aromatic heterocycles. The first kappa shape index (κ1) is 66.5. The van der Waals surface area contributed by atoms with Crippen LogP contribution in [0.25, 0.3) is 6.08 Å². The molecule has 15 rings (SSSR count). The zero-order valence-electron chi connectivity index (χ0n) is 51.9. The number of methoxy groups -OCH3 is 7. The minimum Gasteiger partial charge on any atom is -0.872 e. The van der Waals surface area contributed by atoms with Crippen LogP contribution < -0.4 is 24.8 Å². The van der Waals surface area contributed by atoms with Gasteiger partial charge in [-0.1, -0.05) is 83.4 Å². The van der Waals surface area contributed by atoms with E-state index in [4.69, 9.17) is 38.5 Å². The van der Waals surface area contributed by atoms with E-state index < -0.39 is 29.5 Å². The Kier molecular flexibility index (Phi) is 21.1. The van der Waals surface area contributed by atoms with Crippen molar-refractivity contribution in [3.63, 3.8) is 0 Å². The van der Waals surface area contributed by atoms with Crippen molar-refractivity contribution in [2.45, 2.75) is 122 Å². The van der Waals surface area contributed by atoms with Gasteiger partial charge in [-0.3, -0.25) is 0 Å². The van der Waals surface area contributed by atoms with E-state index >= 15 is 0 Å². The minimum absolute atomic E-state index is 0. The quantitative estimate of drug-likeness (QED) is 0.0720. The molecule has 8 aliphatic carbocycles. The molecule has 2 saturated heterocycles. The summed E-state index contributed by atoms with van der Waals surface area (Å²) in [5, 5.41) is 32.8. The first-order valence-electron chi connectivity index (χ1n) is 29.6. The number of esters is 3. The summed E-state index contributed by atoms with van der Waals surface area (Å²) in [6, 6.07) is 25.5. The maximum Gasteiger partial charge on any atom is 0.337 e. The van der Waals surface area contributed by atoms with Crippen LogP contribution >= 0.6 is 0 Å². The summed E-state index contributed by atoms with van der Waals surface area (Å²) < 4.78 is 36.7. The van der Waals surface area contributed by atoms with Gasteiger partial charge in [0.2, 0.25) is 0 Å². The molecule has 8 bridgehead atoms. The van der Waals surface area contributed by atoms with Crippen molar-refractivity contribution >= 4 is 24.0 Å². The second-order valence-electron chi connectivity index (χ2n) is 24.4. The van der Waals surface area contributed by atoms with Gasteiger partial charge in [0.25, 0.3) is 11.6 Å². The van der Waals surface area contributed by atoms with E-state index in [1.165, 1.54) is 122 Å². The molecular formula is C69H81O17V-3. The molecule has 5 aromatic rings. The minimum atomic E-state index is -0.822. The molecule has 10 aliphatic rings. The fraction of sp³-hybridized carbons (Fsp3) is 0.493. The van der Waals surface area contributed by atoms with Crippen LogP contribution in [0.15, 0.2) is 97.1 Å². The van der Waals surface area contributed by atoms with E-state index in [1.54, 1.807) is 67.4 Å². The molecule has 8 saturated carbocycles. The van der Waals surface area contributed by atoms with Crippen LogP contribution in [0, 0.1) is 75.0 Å². The van der Waals surface area contributed by atoms with E-state index in [-0.39, 0.29) is 47.0 Å². The van der Waals surface area contributed by atoms with Gasteiger partial charge in [-0.25, -0.2) is 24.2 Å². The predicted octanol–water partition coefficient (Wildman–Crippen LogP) is 11.2. The Labute approximate surface area is 522 Å². The van der Waals surface area contributed by atoms with Crippen LogP contribution in [0.5, 0.6) is 28.7 Å². The molecule has 1 radical (unpaired) electrons. The number of benzene rings is 5. The summed E-state index contributed by atoms with van der Waals surface area (Å²) in [6.07, 6.45) is 16.9. The van der Waals surface area contributed by atoms with Crippen LogP contribution in [0.4, 0.5) is 0 Å². The van der Waals surface area contributed by atoms with Crippen LogP contribution in [-0.4, -0.2) is 78.9 Å². The van der Waals surface area contributed by atoms with E-state index in [9.17, 15) is 29.7 Å². The zero-order chi connectivity index (χ0) is 61.9. The number of allylic oxidation sites excluding steroid dienone is 1. The van der Waals surface area contributed by atoms with Crippen LogP contribution in [0.1, 0.15) is 141 Å². The predicted molar refractivity (Wildman–Crippen MR) is 313 cm³/mol. The number of hydrogen-bond donors (Lipinski definition) is 0. The average Bonchev–Trinajstić information content (AvgIpc) is 0.684. The van der Waals surface area contributed by atoms with Gasteiger partial charge in [-0.2, -0.15) is 9.78 Å². The summed E-state index contributed by atoms with van der Waals surface area (Å²) in [6.45, 7) is 9.37. The third-order valence-electron chi connectivity index (χ3n) is 18.9. The fourth-order valence-electron chi connectivity index (χ4n) is 16.0. The molecule has 18 heteroatoms. The number of hydrogen-bond acceptors (Lipinski definition) is 17. The molecule has 0 amide bonds. The van der Waals surface area contributed by atoms with Crippen molar-refractivity contribution in [2.75, 3.05) is 49.8 Å². The molecule has 2 heterocycles. The Morgan fingerprint density at radius 3 is 1.11 bits per heavy atom. The van der Waals surface area contributed by atoms with Gasteiger partial charge < -0.3 is 48.5 Å². The first-order chi connectivity index (χ1) is 41.2. The third kappa shape index (κ3) is 12.8. The molecule has 2 unspecified atom stereocenters. The topological polar surface area (TPSA) is 222 Å². The number of carbonyl (C=O) groups is 3. The van der Waals surface area contributed by atoms with Crippen molar-refractivity contribution in [3.8, 4) is 28.7 Å². The third-order valence-corrected chi connectivity index (χ3v) is 18.9. The van der Waals surface area contributed by atoms with Crippen molar-refractivity contribution in [1.82, 2.24) is 0 Å². The summed E-state index contributed by atoms with van der Waals surface area (Å²) in [7, 11) is 10.8. The molecule has 2 spiro atoms. The monoisotopic (exact) mass is 1230 g/mol. The molecule has 5 aromatic carbocycles. The van der Waals surface area contributed by atoms with Crippen molar-refractivity contribution in [1.29, 1.82) is 0 Å². The molecule has 467 valence electrons. The van der Waals surface area contributed by atoms with Gasteiger partial charge in [0, 0.05) is 49.5 Å². The van der Waals surface area contributed by atoms with E-state index in [2.05, 4.69) is 51.5 Å². The second kappa shape index (κ2) is 27.5. The van der Waals surface area contributed by atoms with Gasteiger partial charge in [0.1, 0.15) is 11.5 Å². The van der Waals surface area contributed by atoms with Crippen molar-refractivity contribution < 1.29 is 101 Å². The smallest absolute Gasteiger partial charge is 0.337 e. The normalized spacial score (nSPS) is 29.4. The van der Waals surface area contributed by atoms with Crippen LogP contribution in [-0.2, 0) is 73.4 Å². The Balaban J connectivity index is 0.000000148. The average molecular weight is 1230 g/mol. The number of ether oxygens (including phenoxy) is 7. The molecule has 10 fully saturated rings. The summed E-state index contributed by atoms with van der Waals surface area (Å²) in [5.41, 5.74) is 6.79. The Bertz CT molecular complexity index is 3030. The fourth-order valence-corrected chi connectivity index (χ4v) is 16.0. The molecular weight excluding hydrogens is 1150 g/mol. The Hall–Kier alpha value is -6.41. The van der Waals surface area contributed by atoms with Gasteiger partial charge in [0.15, 0.2) is 11.2 Å². The zero-order valence-corrected chi connectivity index (χ0v) is 53.3. The summed E-state index contributed by atoms with van der Waals surface area (Å²) >= 11 is 0. The van der Waals surface area contributed by atoms with Crippen LogP contribution in [0.3, 0.4) is 0 Å². The molecule has 2 atom stereocenters. The summed E-state index contributed by atoms with van der Waals surface area (Å²) in [4.78, 5) is 56.5. The van der Waals surface area contributed by atoms with Gasteiger partial charge in [-0.05, 0) is 188 Å². The van der Waals surface area contributed by atoms with E-state index in [0.717, 1.165) is 74.1 Å². The van der Waals surface area contributed by atoms with Crippen molar-refractivity contribution in [3.05, 3.63) is 153 Å².